The van der Waals surface area contributed by atoms with Gasteiger partial charge in [-0.25, -0.2) is 14.4 Å². The van der Waals surface area contributed by atoms with Gasteiger partial charge in [0.05, 0.1) is 12.6 Å². The van der Waals surface area contributed by atoms with E-state index in [9.17, 15) is 17.6 Å². The third-order valence-corrected chi connectivity index (χ3v) is 6.52. The molecule has 5 rings (SSSR count). The number of hydroxylamine groups is 1. The van der Waals surface area contributed by atoms with E-state index in [1.807, 2.05) is 37.4 Å². The first-order chi connectivity index (χ1) is 17.8. The largest absolute Gasteiger partial charge is 0.487 e. The highest BCUT2D eigenvalue weighted by atomic mass is 19.4. The first-order valence-corrected chi connectivity index (χ1v) is 12.1. The average Bonchev–Trinajstić information content (AvgIpc) is 3.37. The Morgan fingerprint density at radius 3 is 2.51 bits per heavy atom. The molecule has 2 saturated heterocycles. The van der Waals surface area contributed by atoms with E-state index in [2.05, 4.69) is 20.2 Å². The first kappa shape index (κ1) is 25.2. The number of rotatable bonds is 6. The van der Waals surface area contributed by atoms with Crippen molar-refractivity contribution in [3.8, 4) is 5.75 Å². The van der Waals surface area contributed by atoms with E-state index in [1.54, 1.807) is 6.07 Å². The maximum atomic E-state index is 14.8. The van der Waals surface area contributed by atoms with Crippen LogP contribution in [0.1, 0.15) is 36.4 Å². The summed E-state index contributed by atoms with van der Waals surface area (Å²) < 4.78 is 62.2. The Hall–Kier alpha value is -3.44. The number of hydrogen-bond acceptors (Lipinski definition) is 7. The number of nitrogens with zero attached hydrogens (tertiary/aromatic N) is 4. The van der Waals surface area contributed by atoms with Gasteiger partial charge >= 0.3 is 6.18 Å². The van der Waals surface area contributed by atoms with Crippen molar-refractivity contribution >= 4 is 17.5 Å². The summed E-state index contributed by atoms with van der Waals surface area (Å²) in [5, 5.41) is 3.99. The van der Waals surface area contributed by atoms with E-state index in [0.29, 0.717) is 12.6 Å². The molecule has 3 aromatic rings. The van der Waals surface area contributed by atoms with E-state index in [1.165, 1.54) is 17.2 Å². The minimum absolute atomic E-state index is 0.0664. The number of likely N-dealkylation sites (tertiary alicyclic amines) is 1. The van der Waals surface area contributed by atoms with E-state index >= 15 is 0 Å². The molecule has 2 aliphatic rings. The van der Waals surface area contributed by atoms with Gasteiger partial charge in [0.15, 0.2) is 17.4 Å². The molecule has 2 aromatic carbocycles. The molecule has 0 bridgehead atoms. The van der Waals surface area contributed by atoms with Gasteiger partial charge in [-0.2, -0.15) is 18.2 Å². The standard InChI is InChI=1S/C26H27F4N5O2/c1-34-12-9-19(10-13-34)37-23-8-7-18(15-21(23)27)32-25-31-16-20(26(28,29)30)24(33-25)35-22(11-14-36-35)17-5-3-2-4-6-17/h2-8,15-16,19,22H,9-14H2,1H3,(H,31,32,33). The lowest BCUT2D eigenvalue weighted by Crippen LogP contribution is -2.35. The maximum Gasteiger partial charge on any atom is 0.421 e. The number of anilines is 3. The molecule has 0 spiro atoms. The van der Waals surface area contributed by atoms with Crippen molar-refractivity contribution in [2.75, 3.05) is 37.1 Å². The summed E-state index contributed by atoms with van der Waals surface area (Å²) in [6.45, 7) is 2.00. The molecule has 37 heavy (non-hydrogen) atoms. The van der Waals surface area contributed by atoms with Crippen molar-refractivity contribution in [2.45, 2.75) is 37.6 Å². The molecule has 7 nitrogen and oxygen atoms in total. The SMILES string of the molecule is CN1CCC(Oc2ccc(Nc3ncc(C(F)(F)F)c(N4OCCC4c4ccccc4)n3)cc2F)CC1. The van der Waals surface area contributed by atoms with Crippen LogP contribution in [0.15, 0.2) is 54.7 Å². The van der Waals surface area contributed by atoms with Gasteiger partial charge in [-0.3, -0.25) is 4.84 Å². The fourth-order valence-corrected chi connectivity index (χ4v) is 4.54. The van der Waals surface area contributed by atoms with Gasteiger partial charge in [-0.15, -0.1) is 0 Å². The molecule has 3 heterocycles. The molecular weight excluding hydrogens is 490 g/mol. The quantitative estimate of drug-likeness (QED) is 0.419. The Morgan fingerprint density at radius 2 is 1.81 bits per heavy atom. The van der Waals surface area contributed by atoms with Crippen molar-refractivity contribution in [3.63, 3.8) is 0 Å². The van der Waals surface area contributed by atoms with E-state index in [-0.39, 0.29) is 30.1 Å². The van der Waals surface area contributed by atoms with Gasteiger partial charge in [0.1, 0.15) is 11.7 Å². The van der Waals surface area contributed by atoms with Gasteiger partial charge in [0.25, 0.3) is 0 Å². The third kappa shape index (κ3) is 5.78. The van der Waals surface area contributed by atoms with E-state index in [0.717, 1.165) is 31.5 Å². The zero-order valence-electron chi connectivity index (χ0n) is 20.2. The molecule has 0 amide bonds. The Bertz CT molecular complexity index is 1220. The second-order valence-corrected chi connectivity index (χ2v) is 9.19. The molecule has 11 heteroatoms. The summed E-state index contributed by atoms with van der Waals surface area (Å²) in [5.74, 6) is -0.971. The van der Waals surface area contributed by atoms with Crippen molar-refractivity contribution < 1.29 is 27.1 Å². The minimum Gasteiger partial charge on any atom is -0.487 e. The smallest absolute Gasteiger partial charge is 0.421 e. The summed E-state index contributed by atoms with van der Waals surface area (Å²) in [6.07, 6.45) is -1.94. The molecule has 1 N–H and O–H groups in total. The summed E-state index contributed by atoms with van der Waals surface area (Å²) in [4.78, 5) is 15.8. The van der Waals surface area contributed by atoms with Crippen LogP contribution in [0, 0.1) is 5.82 Å². The molecular formula is C26H27F4N5O2. The van der Waals surface area contributed by atoms with Crippen molar-refractivity contribution in [1.29, 1.82) is 0 Å². The normalized spacial score (nSPS) is 19.3. The lowest BCUT2D eigenvalue weighted by atomic mass is 10.0. The Labute approximate surface area is 212 Å². The predicted octanol–water partition coefficient (Wildman–Crippen LogP) is 5.73. The number of benzene rings is 2. The monoisotopic (exact) mass is 517 g/mol. The highest BCUT2D eigenvalue weighted by Gasteiger charge is 2.40. The average molecular weight is 518 g/mol. The molecule has 1 atom stereocenters. The Kier molecular flexibility index (Phi) is 7.16. The zero-order chi connectivity index (χ0) is 26.0. The van der Waals surface area contributed by atoms with Gasteiger partial charge < -0.3 is 15.0 Å². The van der Waals surface area contributed by atoms with Gasteiger partial charge in [0.2, 0.25) is 5.95 Å². The maximum absolute atomic E-state index is 14.8. The number of aromatic nitrogens is 2. The van der Waals surface area contributed by atoms with E-state index < -0.39 is 29.4 Å². The first-order valence-electron chi connectivity index (χ1n) is 12.1. The molecule has 1 aromatic heterocycles. The second kappa shape index (κ2) is 10.5. The summed E-state index contributed by atoms with van der Waals surface area (Å²) in [7, 11) is 2.03. The van der Waals surface area contributed by atoms with Gasteiger partial charge in [0, 0.05) is 37.5 Å². The van der Waals surface area contributed by atoms with Crippen molar-refractivity contribution in [3.05, 3.63) is 71.7 Å². The molecule has 0 radical (unpaired) electrons. The Morgan fingerprint density at radius 1 is 1.05 bits per heavy atom. The summed E-state index contributed by atoms with van der Waals surface area (Å²) >= 11 is 0. The van der Waals surface area contributed by atoms with Crippen LogP contribution in [-0.2, 0) is 11.0 Å². The van der Waals surface area contributed by atoms with Crippen molar-refractivity contribution in [1.82, 2.24) is 14.9 Å². The molecule has 2 aliphatic heterocycles. The number of piperidine rings is 1. The van der Waals surface area contributed by atoms with E-state index in [4.69, 9.17) is 9.57 Å². The van der Waals surface area contributed by atoms with Crippen LogP contribution in [0.2, 0.25) is 0 Å². The number of nitrogens with one attached hydrogen (secondary N) is 1. The summed E-state index contributed by atoms with van der Waals surface area (Å²) in [6, 6.07) is 13.0. The van der Waals surface area contributed by atoms with Crippen LogP contribution in [0.3, 0.4) is 0 Å². The summed E-state index contributed by atoms with van der Waals surface area (Å²) in [5.41, 5.74) is 0.0679. The number of ether oxygens (including phenoxy) is 1. The highest BCUT2D eigenvalue weighted by molar-refractivity contribution is 5.58. The molecule has 2 fully saturated rings. The molecule has 0 aliphatic carbocycles. The second-order valence-electron chi connectivity index (χ2n) is 9.19. The number of alkyl halides is 3. The van der Waals surface area contributed by atoms with Crippen molar-refractivity contribution in [2.24, 2.45) is 0 Å². The van der Waals surface area contributed by atoms with Crippen LogP contribution in [-0.4, -0.2) is 47.7 Å². The van der Waals surface area contributed by atoms with Crippen LogP contribution in [0.5, 0.6) is 5.75 Å². The fourth-order valence-electron chi connectivity index (χ4n) is 4.54. The zero-order valence-corrected chi connectivity index (χ0v) is 20.2. The number of halogens is 4. The lowest BCUT2D eigenvalue weighted by molar-refractivity contribution is -0.138. The topological polar surface area (TPSA) is 62.8 Å². The molecule has 0 saturated carbocycles. The highest BCUT2D eigenvalue weighted by Crippen LogP contribution is 2.41. The Balaban J connectivity index is 1.38. The fraction of sp³-hybridized carbons (Fsp3) is 0.385. The molecule has 196 valence electrons. The molecule has 1 unspecified atom stereocenters. The van der Waals surface area contributed by atoms with Crippen LogP contribution in [0.25, 0.3) is 0 Å². The number of hydrogen-bond donors (Lipinski definition) is 1. The van der Waals surface area contributed by atoms with Crippen LogP contribution < -0.4 is 15.1 Å². The van der Waals surface area contributed by atoms with Crippen LogP contribution >= 0.6 is 0 Å². The lowest BCUT2D eigenvalue weighted by Gasteiger charge is -2.29. The third-order valence-electron chi connectivity index (χ3n) is 6.52. The van der Waals surface area contributed by atoms with Gasteiger partial charge in [-0.05, 0) is 37.6 Å². The predicted molar refractivity (Wildman–Crippen MR) is 130 cm³/mol. The minimum atomic E-state index is -4.69. The van der Waals surface area contributed by atoms with Gasteiger partial charge in [-0.1, -0.05) is 30.3 Å². The van der Waals surface area contributed by atoms with Crippen LogP contribution in [0.4, 0.5) is 35.0 Å².